The zero-order valence-electron chi connectivity index (χ0n) is 18.6. The molecule has 4 rings (SSSR count). The summed E-state index contributed by atoms with van der Waals surface area (Å²) >= 11 is 0. The predicted octanol–water partition coefficient (Wildman–Crippen LogP) is 4.29. The Balaban J connectivity index is 1.97. The minimum absolute atomic E-state index is 0.0523. The van der Waals surface area contributed by atoms with E-state index in [1.807, 2.05) is 43.0 Å². The average molecular weight is 448 g/mol. The van der Waals surface area contributed by atoms with Gasteiger partial charge in [-0.25, -0.2) is 4.79 Å². The first-order valence-corrected chi connectivity index (χ1v) is 10.6. The van der Waals surface area contributed by atoms with E-state index in [9.17, 15) is 14.9 Å². The number of aliphatic imine (C=N–C) groups is 1. The van der Waals surface area contributed by atoms with Gasteiger partial charge < -0.3 is 20.1 Å². The van der Waals surface area contributed by atoms with Crippen LogP contribution in [0.1, 0.15) is 32.3 Å². The van der Waals surface area contributed by atoms with E-state index >= 15 is 0 Å². The predicted molar refractivity (Wildman–Crippen MR) is 124 cm³/mol. The Morgan fingerprint density at radius 3 is 2.55 bits per heavy atom. The maximum atomic E-state index is 13.0. The highest BCUT2D eigenvalue weighted by atomic mass is 16.6. The van der Waals surface area contributed by atoms with Crippen molar-refractivity contribution in [1.82, 2.24) is 0 Å². The van der Waals surface area contributed by atoms with E-state index in [2.05, 4.69) is 0 Å². The number of benzene rings is 2. The molecule has 0 spiro atoms. The lowest BCUT2D eigenvalue weighted by atomic mass is 9.81. The van der Waals surface area contributed by atoms with E-state index < -0.39 is 16.8 Å². The van der Waals surface area contributed by atoms with Gasteiger partial charge in [0.1, 0.15) is 5.57 Å². The van der Waals surface area contributed by atoms with Gasteiger partial charge in [0.05, 0.1) is 28.8 Å². The van der Waals surface area contributed by atoms with Crippen molar-refractivity contribution in [2.75, 3.05) is 18.1 Å². The summed E-state index contributed by atoms with van der Waals surface area (Å²) in [7, 11) is 0. The fraction of sp³-hybridized carbons (Fsp3) is 0.250. The number of anilines is 1. The van der Waals surface area contributed by atoms with Crippen LogP contribution < -0.4 is 10.6 Å². The van der Waals surface area contributed by atoms with E-state index in [-0.39, 0.29) is 23.8 Å². The molecule has 0 fully saturated rings. The Morgan fingerprint density at radius 2 is 1.91 bits per heavy atom. The zero-order chi connectivity index (χ0) is 23.7. The molecule has 2 N–H and O–H groups in total. The van der Waals surface area contributed by atoms with Crippen LogP contribution in [0, 0.1) is 10.1 Å². The molecule has 2 aromatic rings. The standard InChI is InChI=1S/C24H24N4O5/c1-4-27-18-9-7-6-8-17(18)26-14(3)19-20(15-10-12-16(13-11-15)28(30)31)21(24(29)32-5-2)22(25)33-23(19)27/h6-13,20H,4-5,25H2,1-3H3. The van der Waals surface area contributed by atoms with Crippen molar-refractivity contribution >= 4 is 28.7 Å². The quantitative estimate of drug-likeness (QED) is 0.412. The van der Waals surface area contributed by atoms with Crippen molar-refractivity contribution in [3.8, 4) is 0 Å². The Kier molecular flexibility index (Phi) is 5.87. The van der Waals surface area contributed by atoms with Crippen LogP contribution in [0.5, 0.6) is 0 Å². The van der Waals surface area contributed by atoms with Gasteiger partial charge in [-0.2, -0.15) is 0 Å². The first-order chi connectivity index (χ1) is 15.9. The van der Waals surface area contributed by atoms with Crippen molar-refractivity contribution in [3.63, 3.8) is 0 Å². The monoisotopic (exact) mass is 448 g/mol. The summed E-state index contributed by atoms with van der Waals surface area (Å²) < 4.78 is 11.4. The number of nitrogens with two attached hydrogens (primary N) is 1. The number of fused-ring (bicyclic) bond motifs is 1. The summed E-state index contributed by atoms with van der Waals surface area (Å²) in [6, 6.07) is 13.7. The van der Waals surface area contributed by atoms with Gasteiger partial charge >= 0.3 is 5.97 Å². The van der Waals surface area contributed by atoms with Gasteiger partial charge in [-0.3, -0.25) is 15.1 Å². The number of carbonyl (C=O) groups is 1. The highest BCUT2D eigenvalue weighted by Crippen LogP contribution is 2.46. The summed E-state index contributed by atoms with van der Waals surface area (Å²) in [6.45, 7) is 6.25. The van der Waals surface area contributed by atoms with Crippen LogP contribution in [0.3, 0.4) is 0 Å². The summed E-state index contributed by atoms with van der Waals surface area (Å²) in [6.07, 6.45) is 0. The van der Waals surface area contributed by atoms with Crippen LogP contribution in [0.25, 0.3) is 0 Å². The Labute approximate surface area is 191 Å². The summed E-state index contributed by atoms with van der Waals surface area (Å²) in [5, 5.41) is 11.2. The molecule has 2 aliphatic rings. The van der Waals surface area contributed by atoms with Crippen molar-refractivity contribution in [1.29, 1.82) is 0 Å². The number of nitrogens with zero attached hydrogens (tertiary/aromatic N) is 3. The number of non-ortho nitro benzene ring substituents is 1. The number of hydrogen-bond donors (Lipinski definition) is 1. The molecule has 0 radical (unpaired) electrons. The molecule has 2 aromatic carbocycles. The van der Waals surface area contributed by atoms with Crippen molar-refractivity contribution in [2.24, 2.45) is 10.7 Å². The van der Waals surface area contributed by atoms with Gasteiger partial charge in [0.15, 0.2) is 0 Å². The largest absolute Gasteiger partial charge is 0.462 e. The molecule has 9 nitrogen and oxygen atoms in total. The van der Waals surface area contributed by atoms with Crippen LogP contribution in [-0.4, -0.2) is 29.8 Å². The SMILES string of the molecule is CCOC(=O)C1=C(N)OC2=C(C(C)=Nc3ccccc3N2CC)C1c1ccc([N+](=O)[O-])cc1. The van der Waals surface area contributed by atoms with E-state index in [1.54, 1.807) is 19.1 Å². The highest BCUT2D eigenvalue weighted by Gasteiger charge is 2.41. The molecule has 33 heavy (non-hydrogen) atoms. The molecular weight excluding hydrogens is 424 g/mol. The second-order valence-corrected chi connectivity index (χ2v) is 7.53. The van der Waals surface area contributed by atoms with Crippen molar-refractivity contribution < 1.29 is 19.2 Å². The molecule has 0 saturated carbocycles. The summed E-state index contributed by atoms with van der Waals surface area (Å²) in [5.74, 6) is -0.887. The second kappa shape index (κ2) is 8.78. The molecule has 0 amide bonds. The third-order valence-corrected chi connectivity index (χ3v) is 5.62. The lowest BCUT2D eigenvalue weighted by Crippen LogP contribution is -2.35. The molecule has 0 saturated heterocycles. The number of rotatable bonds is 5. The lowest BCUT2D eigenvalue weighted by molar-refractivity contribution is -0.384. The van der Waals surface area contributed by atoms with Crippen LogP contribution in [0.4, 0.5) is 17.1 Å². The van der Waals surface area contributed by atoms with Crippen LogP contribution >= 0.6 is 0 Å². The molecule has 2 heterocycles. The molecule has 9 heteroatoms. The van der Waals surface area contributed by atoms with Gasteiger partial charge in [0.2, 0.25) is 11.8 Å². The number of esters is 1. The first-order valence-electron chi connectivity index (χ1n) is 10.6. The normalized spacial score (nSPS) is 17.5. The summed E-state index contributed by atoms with van der Waals surface area (Å²) in [4.78, 5) is 30.5. The van der Waals surface area contributed by atoms with E-state index in [4.69, 9.17) is 20.2 Å². The van der Waals surface area contributed by atoms with Gasteiger partial charge in [-0.1, -0.05) is 24.3 Å². The molecule has 0 aromatic heterocycles. The van der Waals surface area contributed by atoms with Gasteiger partial charge in [0, 0.05) is 30.0 Å². The number of nitro benzene ring substituents is 1. The van der Waals surface area contributed by atoms with Gasteiger partial charge in [-0.15, -0.1) is 0 Å². The van der Waals surface area contributed by atoms with Crippen molar-refractivity contribution in [3.05, 3.63) is 87.1 Å². The third-order valence-electron chi connectivity index (χ3n) is 5.62. The molecule has 0 bridgehead atoms. The Morgan fingerprint density at radius 1 is 1.21 bits per heavy atom. The minimum atomic E-state index is -0.680. The van der Waals surface area contributed by atoms with Gasteiger partial charge in [0.25, 0.3) is 5.69 Å². The van der Waals surface area contributed by atoms with Crippen molar-refractivity contribution in [2.45, 2.75) is 26.7 Å². The third kappa shape index (κ3) is 3.82. The maximum Gasteiger partial charge on any atom is 0.340 e. The van der Waals surface area contributed by atoms with Gasteiger partial charge in [-0.05, 0) is 38.5 Å². The molecule has 1 atom stereocenters. The zero-order valence-corrected chi connectivity index (χ0v) is 18.6. The molecule has 170 valence electrons. The highest BCUT2D eigenvalue weighted by molar-refractivity contribution is 6.07. The Hall–Kier alpha value is -4.14. The number of hydrogen-bond acceptors (Lipinski definition) is 8. The number of para-hydroxylation sites is 2. The fourth-order valence-corrected chi connectivity index (χ4v) is 4.19. The first kappa shape index (κ1) is 22.1. The summed E-state index contributed by atoms with van der Waals surface area (Å²) in [5.41, 5.74) is 9.93. The topological polar surface area (TPSA) is 120 Å². The van der Waals surface area contributed by atoms with Crippen LogP contribution in [0.2, 0.25) is 0 Å². The van der Waals surface area contributed by atoms with E-state index in [0.717, 1.165) is 11.4 Å². The Bertz CT molecular complexity index is 1210. The molecule has 0 aliphatic carbocycles. The fourth-order valence-electron chi connectivity index (χ4n) is 4.19. The van der Waals surface area contributed by atoms with E-state index in [1.165, 1.54) is 12.1 Å². The number of nitro groups is 1. The molecular formula is C24H24N4O5. The maximum absolute atomic E-state index is 13.0. The second-order valence-electron chi connectivity index (χ2n) is 7.53. The lowest BCUT2D eigenvalue weighted by Gasteiger charge is -2.34. The molecule has 2 aliphatic heterocycles. The molecule has 1 unspecified atom stereocenters. The number of allylic oxidation sites excluding steroid dienone is 1. The van der Waals surface area contributed by atoms with E-state index in [0.29, 0.717) is 29.3 Å². The minimum Gasteiger partial charge on any atom is -0.462 e. The smallest absolute Gasteiger partial charge is 0.340 e. The average Bonchev–Trinajstić information content (AvgIpc) is 2.91. The number of carbonyl (C=O) groups excluding carboxylic acids is 1. The van der Waals surface area contributed by atoms with Crippen LogP contribution in [-0.2, 0) is 14.3 Å². The number of ether oxygens (including phenoxy) is 2. The van der Waals surface area contributed by atoms with Crippen LogP contribution in [0.15, 0.2) is 76.4 Å².